The van der Waals surface area contributed by atoms with Crippen LogP contribution in [-0.4, -0.2) is 21.9 Å². The number of nitrogen functional groups attached to an aromatic ring is 1. The Hall–Kier alpha value is -2.56. The fourth-order valence-corrected chi connectivity index (χ4v) is 2.10. The fraction of sp³-hybridized carbons (Fsp3) is 0.250. The summed E-state index contributed by atoms with van der Waals surface area (Å²) in [5, 5.41) is 0. The first-order valence-corrected chi connectivity index (χ1v) is 6.88. The zero-order chi connectivity index (χ0) is 15.2. The minimum absolute atomic E-state index is 0.00451. The third-order valence-corrected chi connectivity index (χ3v) is 3.26. The second-order valence-corrected chi connectivity index (χ2v) is 4.82. The molecule has 21 heavy (non-hydrogen) atoms. The number of hydrogen-bond acceptors (Lipinski definition) is 3. The monoisotopic (exact) mass is 285 g/mol. The van der Waals surface area contributed by atoms with E-state index in [1.165, 1.54) is 22.9 Å². The zero-order valence-corrected chi connectivity index (χ0v) is 12.0. The van der Waals surface area contributed by atoms with E-state index < -0.39 is 0 Å². The van der Waals surface area contributed by atoms with E-state index in [4.69, 9.17) is 5.73 Å². The van der Waals surface area contributed by atoms with Crippen LogP contribution in [0.4, 0.5) is 5.69 Å². The van der Waals surface area contributed by atoms with E-state index in [9.17, 15) is 9.59 Å². The van der Waals surface area contributed by atoms with E-state index in [2.05, 4.69) is 0 Å². The van der Waals surface area contributed by atoms with E-state index in [1.807, 2.05) is 37.3 Å². The van der Waals surface area contributed by atoms with Crippen molar-refractivity contribution < 1.29 is 4.79 Å². The number of rotatable bonds is 5. The molecule has 0 saturated heterocycles. The molecule has 1 amide bonds. The summed E-state index contributed by atoms with van der Waals surface area (Å²) in [5.41, 5.74) is 6.95. The van der Waals surface area contributed by atoms with Crippen molar-refractivity contribution in [3.63, 3.8) is 0 Å². The van der Waals surface area contributed by atoms with Gasteiger partial charge in [-0.3, -0.25) is 9.59 Å². The van der Waals surface area contributed by atoms with Gasteiger partial charge in [0.05, 0.1) is 0 Å². The minimum atomic E-state index is -0.228. The lowest BCUT2D eigenvalue weighted by atomic mass is 10.2. The second kappa shape index (κ2) is 6.74. The molecule has 2 N–H and O–H groups in total. The first kappa shape index (κ1) is 14.8. The molecule has 5 heteroatoms. The summed E-state index contributed by atoms with van der Waals surface area (Å²) < 4.78 is 1.34. The smallest absolute Gasteiger partial charge is 0.251 e. The summed E-state index contributed by atoms with van der Waals surface area (Å²) >= 11 is 0. The van der Waals surface area contributed by atoms with Crippen LogP contribution in [0.1, 0.15) is 12.5 Å². The summed E-state index contributed by atoms with van der Waals surface area (Å²) in [4.78, 5) is 25.8. The van der Waals surface area contributed by atoms with Crippen molar-refractivity contribution in [2.75, 3.05) is 12.3 Å². The Balaban J connectivity index is 2.10. The number of benzene rings is 1. The third kappa shape index (κ3) is 3.95. The van der Waals surface area contributed by atoms with E-state index >= 15 is 0 Å². The topological polar surface area (TPSA) is 68.3 Å². The largest absolute Gasteiger partial charge is 0.398 e. The van der Waals surface area contributed by atoms with Crippen molar-refractivity contribution in [3.05, 3.63) is 64.6 Å². The molecule has 0 spiro atoms. The maximum Gasteiger partial charge on any atom is 0.251 e. The SMILES string of the molecule is CCN(Cc1ccccc1)C(=O)Cn1cc(N)ccc1=O. The maximum absolute atomic E-state index is 12.3. The Morgan fingerprint density at radius 2 is 1.90 bits per heavy atom. The Bertz CT molecular complexity index is 665. The van der Waals surface area contributed by atoms with Gasteiger partial charge in [0, 0.05) is 31.0 Å². The number of aromatic nitrogens is 1. The molecule has 2 rings (SSSR count). The average Bonchev–Trinajstić information content (AvgIpc) is 2.49. The highest BCUT2D eigenvalue weighted by Gasteiger charge is 2.13. The molecule has 0 radical (unpaired) electrons. The third-order valence-electron chi connectivity index (χ3n) is 3.26. The van der Waals surface area contributed by atoms with Crippen molar-refractivity contribution >= 4 is 11.6 Å². The van der Waals surface area contributed by atoms with Crippen LogP contribution in [0.5, 0.6) is 0 Å². The molecule has 0 fully saturated rings. The number of anilines is 1. The summed E-state index contributed by atoms with van der Waals surface area (Å²) in [6.45, 7) is 3.05. The molecular formula is C16H19N3O2. The van der Waals surface area contributed by atoms with Gasteiger partial charge in [-0.05, 0) is 18.6 Å². The van der Waals surface area contributed by atoms with Crippen LogP contribution >= 0.6 is 0 Å². The highest BCUT2D eigenvalue weighted by atomic mass is 16.2. The standard InChI is InChI=1S/C16H19N3O2/c1-2-18(10-13-6-4-3-5-7-13)16(21)12-19-11-14(17)8-9-15(19)20/h3-9,11H,2,10,12,17H2,1H3. The van der Waals surface area contributed by atoms with Crippen LogP contribution in [0.2, 0.25) is 0 Å². The number of amides is 1. The van der Waals surface area contributed by atoms with Crippen molar-refractivity contribution in [3.8, 4) is 0 Å². The van der Waals surface area contributed by atoms with E-state index in [0.717, 1.165) is 5.56 Å². The number of carbonyl (C=O) groups is 1. The van der Waals surface area contributed by atoms with E-state index in [1.54, 1.807) is 4.90 Å². The van der Waals surface area contributed by atoms with Crippen LogP contribution in [0.15, 0.2) is 53.5 Å². The number of likely N-dealkylation sites (N-methyl/N-ethyl adjacent to an activating group) is 1. The van der Waals surface area contributed by atoms with Gasteiger partial charge >= 0.3 is 0 Å². The van der Waals surface area contributed by atoms with E-state index in [0.29, 0.717) is 18.8 Å². The van der Waals surface area contributed by atoms with Crippen LogP contribution < -0.4 is 11.3 Å². The lowest BCUT2D eigenvalue weighted by Gasteiger charge is -2.21. The molecule has 0 aliphatic rings. The van der Waals surface area contributed by atoms with Gasteiger partial charge in [-0.1, -0.05) is 30.3 Å². The Labute approximate surface area is 123 Å². The quantitative estimate of drug-likeness (QED) is 0.904. The summed E-state index contributed by atoms with van der Waals surface area (Å²) in [6.07, 6.45) is 1.50. The van der Waals surface area contributed by atoms with Crippen LogP contribution in [0, 0.1) is 0 Å². The van der Waals surface area contributed by atoms with Crippen LogP contribution in [-0.2, 0) is 17.9 Å². The van der Waals surface area contributed by atoms with Gasteiger partial charge in [0.1, 0.15) is 6.54 Å². The first-order chi connectivity index (χ1) is 10.1. The van der Waals surface area contributed by atoms with Gasteiger partial charge < -0.3 is 15.2 Å². The van der Waals surface area contributed by atoms with Crippen molar-refractivity contribution in [2.24, 2.45) is 0 Å². The predicted octanol–water partition coefficient (Wildman–Crippen LogP) is 1.48. The fourth-order valence-electron chi connectivity index (χ4n) is 2.10. The molecule has 2 aromatic rings. The Kier molecular flexibility index (Phi) is 4.77. The van der Waals surface area contributed by atoms with Gasteiger partial charge in [0.2, 0.25) is 5.91 Å². The lowest BCUT2D eigenvalue weighted by Crippen LogP contribution is -2.35. The van der Waals surface area contributed by atoms with Gasteiger partial charge in [-0.25, -0.2) is 0 Å². The molecule has 0 atom stereocenters. The lowest BCUT2D eigenvalue weighted by molar-refractivity contribution is -0.132. The number of nitrogens with two attached hydrogens (primary N) is 1. The number of hydrogen-bond donors (Lipinski definition) is 1. The van der Waals surface area contributed by atoms with Crippen molar-refractivity contribution in [1.82, 2.24) is 9.47 Å². The molecule has 1 aromatic heterocycles. The Morgan fingerprint density at radius 1 is 1.19 bits per heavy atom. The first-order valence-electron chi connectivity index (χ1n) is 6.88. The molecule has 1 heterocycles. The summed E-state index contributed by atoms with van der Waals surface area (Å²) in [5.74, 6) is -0.103. The number of pyridine rings is 1. The summed E-state index contributed by atoms with van der Waals surface area (Å²) in [7, 11) is 0. The minimum Gasteiger partial charge on any atom is -0.398 e. The molecule has 110 valence electrons. The molecule has 0 aliphatic heterocycles. The van der Waals surface area contributed by atoms with Gasteiger partial charge in [-0.2, -0.15) is 0 Å². The molecule has 0 bridgehead atoms. The van der Waals surface area contributed by atoms with Gasteiger partial charge in [-0.15, -0.1) is 0 Å². The normalized spacial score (nSPS) is 10.3. The molecule has 0 unspecified atom stereocenters. The predicted molar refractivity (Wildman–Crippen MR) is 82.6 cm³/mol. The van der Waals surface area contributed by atoms with Gasteiger partial charge in [0.25, 0.3) is 5.56 Å². The average molecular weight is 285 g/mol. The van der Waals surface area contributed by atoms with Crippen LogP contribution in [0.3, 0.4) is 0 Å². The molecule has 0 aliphatic carbocycles. The van der Waals surface area contributed by atoms with Crippen molar-refractivity contribution in [2.45, 2.75) is 20.0 Å². The molecule has 5 nitrogen and oxygen atoms in total. The maximum atomic E-state index is 12.3. The number of carbonyl (C=O) groups excluding carboxylic acids is 1. The highest BCUT2D eigenvalue weighted by molar-refractivity contribution is 5.76. The van der Waals surface area contributed by atoms with Crippen molar-refractivity contribution in [1.29, 1.82) is 0 Å². The van der Waals surface area contributed by atoms with Gasteiger partial charge in [0.15, 0.2) is 0 Å². The van der Waals surface area contributed by atoms with E-state index in [-0.39, 0.29) is 18.0 Å². The number of nitrogens with zero attached hydrogens (tertiary/aromatic N) is 2. The Morgan fingerprint density at radius 3 is 2.57 bits per heavy atom. The highest BCUT2D eigenvalue weighted by Crippen LogP contribution is 2.05. The molecule has 1 aromatic carbocycles. The zero-order valence-electron chi connectivity index (χ0n) is 12.0. The molecular weight excluding hydrogens is 266 g/mol. The summed E-state index contributed by atoms with van der Waals surface area (Å²) in [6, 6.07) is 12.7. The second-order valence-electron chi connectivity index (χ2n) is 4.82. The van der Waals surface area contributed by atoms with Crippen LogP contribution in [0.25, 0.3) is 0 Å². The molecule has 0 saturated carbocycles.